The Balaban J connectivity index is 1.57. The second kappa shape index (κ2) is 8.93. The lowest BCUT2D eigenvalue weighted by atomic mass is 10.0. The molecule has 1 amide bonds. The van der Waals surface area contributed by atoms with Gasteiger partial charge >= 0.3 is 0 Å². The van der Waals surface area contributed by atoms with Crippen LogP contribution in [0.2, 0.25) is 0 Å². The van der Waals surface area contributed by atoms with E-state index in [9.17, 15) is 13.6 Å². The zero-order valence-electron chi connectivity index (χ0n) is 17.7. The normalized spacial score (nSPS) is 13.5. The van der Waals surface area contributed by atoms with Crippen molar-refractivity contribution >= 4 is 11.6 Å². The number of carbonyl (C=O) groups excluding carboxylic acids is 1. The Kier molecular flexibility index (Phi) is 6.08. The Morgan fingerprint density at radius 1 is 1.10 bits per heavy atom. The second-order valence-corrected chi connectivity index (χ2v) is 8.09. The number of halogens is 2. The molecule has 0 saturated heterocycles. The van der Waals surface area contributed by atoms with Gasteiger partial charge in [0, 0.05) is 42.7 Å². The van der Waals surface area contributed by atoms with Crippen molar-refractivity contribution in [3.05, 3.63) is 65.7 Å². The van der Waals surface area contributed by atoms with Crippen LogP contribution in [-0.4, -0.2) is 52.8 Å². The van der Waals surface area contributed by atoms with Crippen molar-refractivity contribution in [2.75, 3.05) is 32.1 Å². The molecule has 0 fully saturated rings. The van der Waals surface area contributed by atoms with Gasteiger partial charge in [0.1, 0.15) is 11.6 Å². The molecular formula is C23H25F2N5O. The van der Waals surface area contributed by atoms with Gasteiger partial charge in [-0.1, -0.05) is 0 Å². The van der Waals surface area contributed by atoms with E-state index in [2.05, 4.69) is 15.0 Å². The van der Waals surface area contributed by atoms with E-state index in [1.807, 2.05) is 37.2 Å². The molecule has 0 unspecified atom stereocenters. The summed E-state index contributed by atoms with van der Waals surface area (Å²) in [7, 11) is 4.03. The van der Waals surface area contributed by atoms with Crippen LogP contribution >= 0.6 is 0 Å². The molecule has 0 bridgehead atoms. The number of benzene rings is 1. The number of carbonyl (C=O) groups is 1. The molecule has 2 aromatic heterocycles. The van der Waals surface area contributed by atoms with Gasteiger partial charge in [-0.15, -0.1) is 0 Å². The number of hydrogen-bond acceptors (Lipinski definition) is 4. The summed E-state index contributed by atoms with van der Waals surface area (Å²) < 4.78 is 28.9. The first-order valence-corrected chi connectivity index (χ1v) is 10.3. The van der Waals surface area contributed by atoms with Crippen LogP contribution in [0, 0.1) is 11.6 Å². The zero-order chi connectivity index (χ0) is 22.0. The van der Waals surface area contributed by atoms with Crippen LogP contribution in [0.25, 0.3) is 11.1 Å². The standard InChI is InChI=1S/C23H25F2N5O/c1-28(2)6-7-29-15-18(14-27-29)17-11-22-21(26-13-17)4-3-5-30(22)23(31)10-16-8-19(24)12-20(25)9-16/h8-9,11-15H,3-7,10H2,1-2H3. The first kappa shape index (κ1) is 21.1. The highest BCUT2D eigenvalue weighted by molar-refractivity contribution is 5.96. The molecule has 162 valence electrons. The van der Waals surface area contributed by atoms with Crippen molar-refractivity contribution in [2.24, 2.45) is 0 Å². The Morgan fingerprint density at radius 3 is 2.61 bits per heavy atom. The average Bonchev–Trinajstić information content (AvgIpc) is 3.19. The van der Waals surface area contributed by atoms with Gasteiger partial charge in [0.25, 0.3) is 0 Å². The number of hydrogen-bond donors (Lipinski definition) is 0. The van der Waals surface area contributed by atoms with Crippen molar-refractivity contribution in [2.45, 2.75) is 25.8 Å². The lowest BCUT2D eigenvalue weighted by Gasteiger charge is -2.29. The molecule has 0 radical (unpaired) electrons. The summed E-state index contributed by atoms with van der Waals surface area (Å²) in [6.45, 7) is 2.21. The third-order valence-electron chi connectivity index (χ3n) is 5.36. The molecule has 6 nitrogen and oxygen atoms in total. The lowest BCUT2D eigenvalue weighted by molar-refractivity contribution is -0.118. The molecule has 0 aliphatic carbocycles. The topological polar surface area (TPSA) is 54.3 Å². The maximum absolute atomic E-state index is 13.5. The van der Waals surface area contributed by atoms with Crippen LogP contribution < -0.4 is 4.90 Å². The van der Waals surface area contributed by atoms with E-state index >= 15 is 0 Å². The fraction of sp³-hybridized carbons (Fsp3) is 0.348. The highest BCUT2D eigenvalue weighted by Gasteiger charge is 2.24. The largest absolute Gasteiger partial charge is 0.310 e. The maximum atomic E-state index is 13.5. The summed E-state index contributed by atoms with van der Waals surface area (Å²) in [6.07, 6.45) is 7.09. The molecule has 0 atom stereocenters. The van der Waals surface area contributed by atoms with Gasteiger partial charge in [0.2, 0.25) is 5.91 Å². The Morgan fingerprint density at radius 2 is 1.87 bits per heavy atom. The Labute approximate surface area is 180 Å². The van der Waals surface area contributed by atoms with Crippen molar-refractivity contribution in [1.29, 1.82) is 0 Å². The van der Waals surface area contributed by atoms with E-state index < -0.39 is 11.6 Å². The summed E-state index contributed by atoms with van der Waals surface area (Å²) in [6, 6.07) is 5.16. The molecule has 3 heterocycles. The van der Waals surface area contributed by atoms with Crippen molar-refractivity contribution in [3.63, 3.8) is 0 Å². The number of likely N-dealkylation sites (N-methyl/N-ethyl adjacent to an activating group) is 1. The molecule has 1 aliphatic rings. The van der Waals surface area contributed by atoms with Crippen LogP contribution in [0.15, 0.2) is 42.9 Å². The fourth-order valence-electron chi connectivity index (χ4n) is 3.77. The van der Waals surface area contributed by atoms with Gasteiger partial charge in [-0.3, -0.25) is 14.5 Å². The number of fused-ring (bicyclic) bond motifs is 1. The van der Waals surface area contributed by atoms with Crippen molar-refractivity contribution in [1.82, 2.24) is 19.7 Å². The highest BCUT2D eigenvalue weighted by Crippen LogP contribution is 2.31. The first-order chi connectivity index (χ1) is 14.9. The van der Waals surface area contributed by atoms with E-state index in [4.69, 9.17) is 0 Å². The molecule has 3 aromatic rings. The van der Waals surface area contributed by atoms with Crippen molar-refractivity contribution < 1.29 is 13.6 Å². The van der Waals surface area contributed by atoms with Crippen LogP contribution in [0.5, 0.6) is 0 Å². The van der Waals surface area contributed by atoms with Crippen molar-refractivity contribution in [3.8, 4) is 11.1 Å². The van der Waals surface area contributed by atoms with E-state index in [0.717, 1.165) is 54.5 Å². The molecule has 1 aromatic carbocycles. The molecular weight excluding hydrogens is 400 g/mol. The molecule has 4 rings (SSSR count). The quantitative estimate of drug-likeness (QED) is 0.608. The van der Waals surface area contributed by atoms with Crippen LogP contribution in [0.3, 0.4) is 0 Å². The molecule has 0 saturated carbocycles. The third-order valence-corrected chi connectivity index (χ3v) is 5.36. The third kappa shape index (κ3) is 4.96. The number of aromatic nitrogens is 3. The molecule has 0 N–H and O–H groups in total. The van der Waals surface area contributed by atoms with Crippen LogP contribution in [0.4, 0.5) is 14.5 Å². The highest BCUT2D eigenvalue weighted by atomic mass is 19.1. The van der Waals surface area contributed by atoms with Crippen LogP contribution in [-0.2, 0) is 24.2 Å². The van der Waals surface area contributed by atoms with Crippen LogP contribution in [0.1, 0.15) is 17.7 Å². The summed E-state index contributed by atoms with van der Waals surface area (Å²) in [5.74, 6) is -1.57. The Bertz CT molecular complexity index is 1080. The number of nitrogens with zero attached hydrogens (tertiary/aromatic N) is 5. The van der Waals surface area contributed by atoms with Gasteiger partial charge in [0.15, 0.2) is 0 Å². The van der Waals surface area contributed by atoms with Gasteiger partial charge in [0.05, 0.1) is 30.5 Å². The van der Waals surface area contributed by atoms with Gasteiger partial charge < -0.3 is 9.80 Å². The number of aryl methyl sites for hydroxylation is 1. The summed E-state index contributed by atoms with van der Waals surface area (Å²) in [5.41, 5.74) is 3.74. The summed E-state index contributed by atoms with van der Waals surface area (Å²) in [5, 5.41) is 4.41. The van der Waals surface area contributed by atoms with E-state index in [0.29, 0.717) is 12.1 Å². The van der Waals surface area contributed by atoms with Gasteiger partial charge in [-0.25, -0.2) is 8.78 Å². The summed E-state index contributed by atoms with van der Waals surface area (Å²) in [4.78, 5) is 21.3. The van der Waals surface area contributed by atoms with E-state index in [-0.39, 0.29) is 12.3 Å². The smallest absolute Gasteiger partial charge is 0.231 e. The predicted octanol–water partition coefficient (Wildman–Crippen LogP) is 3.31. The van der Waals surface area contributed by atoms with E-state index in [1.165, 1.54) is 12.1 Å². The molecule has 8 heteroatoms. The predicted molar refractivity (Wildman–Crippen MR) is 115 cm³/mol. The molecule has 0 spiro atoms. The van der Waals surface area contributed by atoms with Gasteiger partial charge in [-0.05, 0) is 50.7 Å². The SMILES string of the molecule is CN(C)CCn1cc(-c2cnc3c(c2)N(C(=O)Cc2cc(F)cc(F)c2)CCC3)cn1. The van der Waals surface area contributed by atoms with E-state index in [1.54, 1.807) is 11.1 Å². The minimum atomic E-state index is -0.683. The average molecular weight is 425 g/mol. The maximum Gasteiger partial charge on any atom is 0.231 e. The fourth-order valence-corrected chi connectivity index (χ4v) is 3.77. The number of pyridine rings is 1. The molecule has 1 aliphatic heterocycles. The minimum absolute atomic E-state index is 0.0686. The zero-order valence-corrected chi connectivity index (χ0v) is 17.7. The lowest BCUT2D eigenvalue weighted by Crippen LogP contribution is -2.37. The Hall–Kier alpha value is -3.13. The summed E-state index contributed by atoms with van der Waals surface area (Å²) >= 11 is 0. The molecule has 31 heavy (non-hydrogen) atoms. The number of rotatable bonds is 6. The second-order valence-electron chi connectivity index (χ2n) is 8.09. The number of anilines is 1. The van der Waals surface area contributed by atoms with Gasteiger partial charge in [-0.2, -0.15) is 5.10 Å². The monoisotopic (exact) mass is 425 g/mol. The minimum Gasteiger partial charge on any atom is -0.310 e. The first-order valence-electron chi connectivity index (χ1n) is 10.3. The number of amides is 1.